The van der Waals surface area contributed by atoms with Crippen LogP contribution in [-0.4, -0.2) is 11.5 Å². The van der Waals surface area contributed by atoms with Crippen molar-refractivity contribution in [1.82, 2.24) is 0 Å². The highest BCUT2D eigenvalue weighted by Crippen LogP contribution is 2.54. The fourth-order valence-corrected chi connectivity index (χ4v) is 2.84. The lowest BCUT2D eigenvalue weighted by Crippen LogP contribution is -2.10. The number of rotatable bonds is 5. The Hall–Kier alpha value is 0.0200. The SMILES string of the molecule is C=CS(C)(F)C(CC)CCC. The second kappa shape index (κ2) is 4.81. The summed E-state index contributed by atoms with van der Waals surface area (Å²) in [5.41, 5.74) is 0. The Morgan fingerprint density at radius 2 is 2.09 bits per heavy atom. The summed E-state index contributed by atoms with van der Waals surface area (Å²) in [6.45, 7) is 7.69. The maximum Gasteiger partial charge on any atom is 0.0180 e. The zero-order valence-electron chi connectivity index (χ0n) is 7.77. The number of hydrogen-bond acceptors (Lipinski definition) is 0. The molecule has 0 bridgehead atoms. The average Bonchev–Trinajstić information content (AvgIpc) is 2.00. The van der Waals surface area contributed by atoms with Gasteiger partial charge in [0.25, 0.3) is 0 Å². The molecule has 68 valence electrons. The van der Waals surface area contributed by atoms with Gasteiger partial charge in [-0.05, 0) is 24.5 Å². The van der Waals surface area contributed by atoms with E-state index in [0.29, 0.717) is 0 Å². The quantitative estimate of drug-likeness (QED) is 0.596. The Morgan fingerprint density at radius 1 is 1.55 bits per heavy atom. The van der Waals surface area contributed by atoms with Crippen molar-refractivity contribution in [2.75, 3.05) is 6.26 Å². The molecule has 0 heterocycles. The molecule has 0 aromatic carbocycles. The highest BCUT2D eigenvalue weighted by Gasteiger charge is 2.22. The van der Waals surface area contributed by atoms with Crippen LogP contribution in [0.5, 0.6) is 0 Å². The predicted molar refractivity (Wildman–Crippen MR) is 53.8 cm³/mol. The second-order valence-corrected chi connectivity index (χ2v) is 5.81. The molecule has 11 heavy (non-hydrogen) atoms. The zero-order chi connectivity index (χ0) is 8.91. The molecule has 0 spiro atoms. The van der Waals surface area contributed by atoms with Gasteiger partial charge in [-0.3, -0.25) is 0 Å². The average molecular weight is 178 g/mol. The molecule has 0 aromatic heterocycles. The minimum absolute atomic E-state index is 0.227. The molecule has 2 unspecified atom stereocenters. The smallest absolute Gasteiger partial charge is 0.0180 e. The van der Waals surface area contributed by atoms with Gasteiger partial charge in [0.2, 0.25) is 0 Å². The van der Waals surface area contributed by atoms with Gasteiger partial charge in [-0.2, -0.15) is 3.89 Å². The van der Waals surface area contributed by atoms with Crippen molar-refractivity contribution >= 4 is 10.4 Å². The topological polar surface area (TPSA) is 0 Å². The molecule has 0 aliphatic heterocycles. The van der Waals surface area contributed by atoms with Gasteiger partial charge in [0, 0.05) is 5.25 Å². The van der Waals surface area contributed by atoms with Crippen LogP contribution in [-0.2, 0) is 0 Å². The summed E-state index contributed by atoms with van der Waals surface area (Å²) in [4.78, 5) is 0. The van der Waals surface area contributed by atoms with Crippen LogP contribution < -0.4 is 0 Å². The van der Waals surface area contributed by atoms with E-state index in [0.717, 1.165) is 19.3 Å². The highest BCUT2D eigenvalue weighted by atomic mass is 32.3. The van der Waals surface area contributed by atoms with Crippen LogP contribution in [0.15, 0.2) is 12.0 Å². The minimum atomic E-state index is -2.01. The van der Waals surface area contributed by atoms with Crippen molar-refractivity contribution in [2.24, 2.45) is 0 Å². The largest absolute Gasteiger partial charge is 0.185 e. The third-order valence-corrected chi connectivity index (χ3v) is 4.57. The van der Waals surface area contributed by atoms with E-state index in [1.54, 1.807) is 6.26 Å². The van der Waals surface area contributed by atoms with Crippen LogP contribution in [0.2, 0.25) is 0 Å². The van der Waals surface area contributed by atoms with Gasteiger partial charge in [0.15, 0.2) is 0 Å². The van der Waals surface area contributed by atoms with E-state index < -0.39 is 10.4 Å². The number of halogens is 1. The van der Waals surface area contributed by atoms with E-state index >= 15 is 0 Å². The van der Waals surface area contributed by atoms with Crippen LogP contribution in [0.1, 0.15) is 33.1 Å². The van der Waals surface area contributed by atoms with E-state index in [9.17, 15) is 3.89 Å². The summed E-state index contributed by atoms with van der Waals surface area (Å²) in [6, 6.07) is 0. The van der Waals surface area contributed by atoms with Crippen LogP contribution in [0.4, 0.5) is 3.89 Å². The first-order chi connectivity index (χ1) is 5.08. The first-order valence-corrected chi connectivity index (χ1v) is 6.24. The van der Waals surface area contributed by atoms with Crippen molar-refractivity contribution < 1.29 is 3.89 Å². The van der Waals surface area contributed by atoms with Crippen LogP contribution in [0, 0.1) is 0 Å². The number of hydrogen-bond donors (Lipinski definition) is 0. The lowest BCUT2D eigenvalue weighted by molar-refractivity contribution is 0.689. The van der Waals surface area contributed by atoms with Crippen molar-refractivity contribution in [3.8, 4) is 0 Å². The molecule has 0 fully saturated rings. The van der Waals surface area contributed by atoms with Gasteiger partial charge in [0.05, 0.1) is 0 Å². The van der Waals surface area contributed by atoms with Crippen molar-refractivity contribution in [2.45, 2.75) is 38.4 Å². The van der Waals surface area contributed by atoms with Gasteiger partial charge in [0.1, 0.15) is 0 Å². The normalized spacial score (nSPS) is 21.8. The zero-order valence-corrected chi connectivity index (χ0v) is 8.59. The van der Waals surface area contributed by atoms with E-state index in [-0.39, 0.29) is 5.25 Å². The lowest BCUT2D eigenvalue weighted by atomic mass is 10.2. The summed E-state index contributed by atoms with van der Waals surface area (Å²) in [7, 11) is -2.01. The Kier molecular flexibility index (Phi) is 4.82. The molecule has 0 saturated heterocycles. The van der Waals surface area contributed by atoms with Crippen molar-refractivity contribution in [1.29, 1.82) is 0 Å². The maximum absolute atomic E-state index is 13.6. The molecule has 0 aliphatic carbocycles. The van der Waals surface area contributed by atoms with E-state index in [1.807, 2.05) is 0 Å². The Balaban J connectivity index is 4.10. The van der Waals surface area contributed by atoms with Crippen LogP contribution in [0.25, 0.3) is 0 Å². The van der Waals surface area contributed by atoms with Gasteiger partial charge in [-0.25, -0.2) is 0 Å². The molecule has 0 N–H and O–H groups in total. The van der Waals surface area contributed by atoms with E-state index in [2.05, 4.69) is 20.4 Å². The van der Waals surface area contributed by atoms with Crippen LogP contribution in [0.3, 0.4) is 0 Å². The van der Waals surface area contributed by atoms with Gasteiger partial charge in [-0.1, -0.05) is 37.3 Å². The molecule has 0 aromatic rings. The predicted octanol–water partition coefficient (Wildman–Crippen LogP) is 4.03. The summed E-state index contributed by atoms with van der Waals surface area (Å²) < 4.78 is 13.6. The summed E-state index contributed by atoms with van der Waals surface area (Å²) >= 11 is 0. The van der Waals surface area contributed by atoms with Crippen LogP contribution >= 0.6 is 10.4 Å². The Bertz CT molecular complexity index is 121. The third kappa shape index (κ3) is 3.28. The molecule has 0 saturated carbocycles. The molecule has 0 amide bonds. The Labute approximate surface area is 71.5 Å². The molecule has 2 atom stereocenters. The monoisotopic (exact) mass is 178 g/mol. The van der Waals surface area contributed by atoms with Gasteiger partial charge >= 0.3 is 0 Å². The minimum Gasteiger partial charge on any atom is -0.185 e. The molecule has 0 rings (SSSR count). The molecule has 0 nitrogen and oxygen atoms in total. The first kappa shape index (κ1) is 11.0. The lowest BCUT2D eigenvalue weighted by Gasteiger charge is -2.30. The Morgan fingerprint density at radius 3 is 2.36 bits per heavy atom. The summed E-state index contributed by atoms with van der Waals surface area (Å²) in [5.74, 6) is 0. The van der Waals surface area contributed by atoms with Crippen molar-refractivity contribution in [3.63, 3.8) is 0 Å². The molecular weight excluding hydrogens is 159 g/mol. The van der Waals surface area contributed by atoms with E-state index in [1.165, 1.54) is 5.41 Å². The first-order valence-electron chi connectivity index (χ1n) is 4.17. The molecule has 2 heteroatoms. The highest BCUT2D eigenvalue weighted by molar-refractivity contribution is 8.31. The van der Waals surface area contributed by atoms with Gasteiger partial charge in [-0.15, -0.1) is 0 Å². The van der Waals surface area contributed by atoms with Crippen molar-refractivity contribution in [3.05, 3.63) is 12.0 Å². The summed E-state index contributed by atoms with van der Waals surface area (Å²) in [5, 5.41) is 1.74. The fourth-order valence-electron chi connectivity index (χ4n) is 1.22. The molecule has 0 radical (unpaired) electrons. The third-order valence-electron chi connectivity index (χ3n) is 2.04. The fraction of sp³-hybridized carbons (Fsp3) is 0.778. The van der Waals surface area contributed by atoms with E-state index in [4.69, 9.17) is 0 Å². The molecule has 0 aliphatic rings. The second-order valence-electron chi connectivity index (χ2n) is 2.93. The molecular formula is C9H19FS. The standard InChI is InChI=1S/C9H19FS/c1-5-8-9(6-2)11(4,10)7-3/h7,9H,3,5-6,8H2,1-2,4H3. The maximum atomic E-state index is 13.6. The summed E-state index contributed by atoms with van der Waals surface area (Å²) in [6.07, 6.45) is 4.69. The van der Waals surface area contributed by atoms with Gasteiger partial charge < -0.3 is 0 Å².